The predicted molar refractivity (Wildman–Crippen MR) is 68.7 cm³/mol. The van der Waals surface area contributed by atoms with Gasteiger partial charge >= 0.3 is 11.8 Å². The van der Waals surface area contributed by atoms with Crippen LogP contribution in [0.25, 0.3) is 0 Å². The minimum Gasteiger partial charge on any atom is -0.360 e. The van der Waals surface area contributed by atoms with Crippen molar-refractivity contribution < 1.29 is 18.9 Å². The molecule has 0 spiro atoms. The third-order valence-electron chi connectivity index (χ3n) is 2.92. The quantitative estimate of drug-likeness (QED) is 0.644. The van der Waals surface area contributed by atoms with E-state index < -0.39 is 17.9 Å². The molecule has 3 N–H and O–H groups in total. The lowest BCUT2D eigenvalue weighted by molar-refractivity contribution is -0.138. The Morgan fingerprint density at radius 1 is 1.40 bits per heavy atom. The average Bonchev–Trinajstić information content (AvgIpc) is 2.70. The lowest BCUT2D eigenvalue weighted by Gasteiger charge is -2.14. The first-order valence-corrected chi connectivity index (χ1v) is 6.39. The number of amides is 3. The third kappa shape index (κ3) is 3.56. The molecule has 1 aromatic heterocycles. The molecule has 8 nitrogen and oxygen atoms in total. The van der Waals surface area contributed by atoms with Crippen molar-refractivity contribution in [3.8, 4) is 0 Å². The molecule has 1 saturated heterocycles. The average molecular weight is 280 g/mol. The van der Waals surface area contributed by atoms with Crippen LogP contribution in [0, 0.1) is 6.92 Å². The largest absolute Gasteiger partial charge is 0.360 e. The highest BCUT2D eigenvalue weighted by Crippen LogP contribution is 2.07. The Bertz CT molecular complexity index is 525. The number of carbonyl (C=O) groups is 3. The van der Waals surface area contributed by atoms with Gasteiger partial charge in [0.2, 0.25) is 5.91 Å². The number of carbonyl (C=O) groups excluding carboxylic acids is 3. The van der Waals surface area contributed by atoms with Crippen LogP contribution in [-0.4, -0.2) is 35.5 Å². The number of anilines is 1. The van der Waals surface area contributed by atoms with Crippen LogP contribution in [0.4, 0.5) is 5.82 Å². The summed E-state index contributed by atoms with van der Waals surface area (Å²) in [5, 5.41) is 10.9. The second-order valence-corrected chi connectivity index (χ2v) is 4.59. The zero-order valence-corrected chi connectivity index (χ0v) is 11.1. The molecule has 20 heavy (non-hydrogen) atoms. The normalized spacial score (nSPS) is 18.9. The summed E-state index contributed by atoms with van der Waals surface area (Å²) in [5.74, 6) is -1.33. The summed E-state index contributed by atoms with van der Waals surface area (Å²) >= 11 is 0. The van der Waals surface area contributed by atoms with Crippen molar-refractivity contribution in [2.75, 3.05) is 11.9 Å². The molecule has 1 fully saturated rings. The molecule has 1 atom stereocenters. The molecular formula is C12H16N4O4. The standard InChI is InChI=1S/C12H16N4O4/c1-7-6-9(16-20-7)15-12(19)11(18)14-8-4-2-3-5-13-10(8)17/h6,8H,2-5H2,1H3,(H,13,17)(H,14,18)(H,15,16,19). The third-order valence-corrected chi connectivity index (χ3v) is 2.92. The van der Waals surface area contributed by atoms with Gasteiger partial charge in [0.1, 0.15) is 11.8 Å². The van der Waals surface area contributed by atoms with Gasteiger partial charge in [-0.05, 0) is 26.2 Å². The van der Waals surface area contributed by atoms with Gasteiger partial charge in [0.05, 0.1) is 0 Å². The van der Waals surface area contributed by atoms with E-state index in [-0.39, 0.29) is 11.7 Å². The molecule has 1 aliphatic heterocycles. The lowest BCUT2D eigenvalue weighted by atomic mass is 10.1. The first-order valence-electron chi connectivity index (χ1n) is 6.39. The first kappa shape index (κ1) is 14.0. The van der Waals surface area contributed by atoms with E-state index in [0.717, 1.165) is 12.8 Å². The number of aromatic nitrogens is 1. The van der Waals surface area contributed by atoms with Crippen LogP contribution in [-0.2, 0) is 14.4 Å². The van der Waals surface area contributed by atoms with Crippen molar-refractivity contribution >= 4 is 23.5 Å². The van der Waals surface area contributed by atoms with Crippen LogP contribution < -0.4 is 16.0 Å². The Morgan fingerprint density at radius 3 is 2.90 bits per heavy atom. The smallest absolute Gasteiger partial charge is 0.314 e. The SMILES string of the molecule is Cc1cc(NC(=O)C(=O)NC2CCCCNC2=O)no1. The van der Waals surface area contributed by atoms with E-state index in [1.165, 1.54) is 6.07 Å². The first-order chi connectivity index (χ1) is 9.56. The summed E-state index contributed by atoms with van der Waals surface area (Å²) in [4.78, 5) is 35.0. The molecule has 1 unspecified atom stereocenters. The monoisotopic (exact) mass is 280 g/mol. The van der Waals surface area contributed by atoms with E-state index in [9.17, 15) is 14.4 Å². The second kappa shape index (κ2) is 6.18. The van der Waals surface area contributed by atoms with Gasteiger partial charge in [-0.2, -0.15) is 0 Å². The Kier molecular flexibility index (Phi) is 4.34. The van der Waals surface area contributed by atoms with E-state index in [1.54, 1.807) is 6.92 Å². The molecule has 2 rings (SSSR count). The highest BCUT2D eigenvalue weighted by molar-refractivity contribution is 6.39. The molecule has 0 aliphatic carbocycles. The number of nitrogens with zero attached hydrogens (tertiary/aromatic N) is 1. The number of hydrogen-bond acceptors (Lipinski definition) is 5. The molecule has 8 heteroatoms. The topological polar surface area (TPSA) is 113 Å². The van der Waals surface area contributed by atoms with Gasteiger partial charge < -0.3 is 15.2 Å². The molecule has 0 aromatic carbocycles. The van der Waals surface area contributed by atoms with Crippen LogP contribution in [0.15, 0.2) is 10.6 Å². The van der Waals surface area contributed by atoms with Gasteiger partial charge in [-0.3, -0.25) is 19.7 Å². The van der Waals surface area contributed by atoms with E-state index >= 15 is 0 Å². The minimum atomic E-state index is -0.879. The summed E-state index contributed by atoms with van der Waals surface area (Å²) in [5.41, 5.74) is 0. The van der Waals surface area contributed by atoms with Gasteiger partial charge in [0, 0.05) is 12.6 Å². The number of nitrogens with one attached hydrogen (secondary N) is 3. The second-order valence-electron chi connectivity index (χ2n) is 4.59. The summed E-state index contributed by atoms with van der Waals surface area (Å²) in [6.07, 6.45) is 2.20. The zero-order valence-electron chi connectivity index (χ0n) is 11.1. The Labute approximate surface area is 115 Å². The van der Waals surface area contributed by atoms with E-state index in [4.69, 9.17) is 4.52 Å². The van der Waals surface area contributed by atoms with Gasteiger partial charge in [-0.15, -0.1) is 0 Å². The zero-order chi connectivity index (χ0) is 14.5. The fraction of sp³-hybridized carbons (Fsp3) is 0.500. The van der Waals surface area contributed by atoms with Crippen molar-refractivity contribution in [2.45, 2.75) is 32.2 Å². The summed E-state index contributed by atoms with van der Waals surface area (Å²) in [6.45, 7) is 2.26. The van der Waals surface area contributed by atoms with Gasteiger partial charge in [-0.25, -0.2) is 0 Å². The van der Waals surface area contributed by atoms with E-state index in [0.29, 0.717) is 18.7 Å². The number of aryl methyl sites for hydroxylation is 1. The molecule has 1 aromatic rings. The van der Waals surface area contributed by atoms with Crippen LogP contribution in [0.5, 0.6) is 0 Å². The van der Waals surface area contributed by atoms with Gasteiger partial charge in [0.15, 0.2) is 5.82 Å². The Hall–Kier alpha value is -2.38. The molecule has 1 aliphatic rings. The van der Waals surface area contributed by atoms with Crippen molar-refractivity contribution in [1.82, 2.24) is 15.8 Å². The molecule has 0 bridgehead atoms. The fourth-order valence-corrected chi connectivity index (χ4v) is 1.90. The molecule has 0 saturated carbocycles. The maximum absolute atomic E-state index is 11.7. The van der Waals surface area contributed by atoms with Crippen LogP contribution >= 0.6 is 0 Å². The molecule has 0 radical (unpaired) electrons. The van der Waals surface area contributed by atoms with Crippen molar-refractivity contribution in [3.63, 3.8) is 0 Å². The fourth-order valence-electron chi connectivity index (χ4n) is 1.90. The lowest BCUT2D eigenvalue weighted by Crippen LogP contribution is -2.48. The minimum absolute atomic E-state index is 0.160. The van der Waals surface area contributed by atoms with E-state index in [2.05, 4.69) is 21.1 Å². The van der Waals surface area contributed by atoms with Crippen molar-refractivity contribution in [1.29, 1.82) is 0 Å². The maximum atomic E-state index is 11.7. The van der Waals surface area contributed by atoms with Gasteiger partial charge in [-0.1, -0.05) is 5.16 Å². The highest BCUT2D eigenvalue weighted by atomic mass is 16.5. The Morgan fingerprint density at radius 2 is 2.20 bits per heavy atom. The molecule has 108 valence electrons. The van der Waals surface area contributed by atoms with Crippen molar-refractivity contribution in [3.05, 3.63) is 11.8 Å². The maximum Gasteiger partial charge on any atom is 0.314 e. The summed E-state index contributed by atoms with van der Waals surface area (Å²) < 4.78 is 4.77. The van der Waals surface area contributed by atoms with Gasteiger partial charge in [0.25, 0.3) is 0 Å². The molecule has 2 heterocycles. The van der Waals surface area contributed by atoms with Crippen LogP contribution in [0.2, 0.25) is 0 Å². The number of hydrogen-bond donors (Lipinski definition) is 3. The highest BCUT2D eigenvalue weighted by Gasteiger charge is 2.25. The van der Waals surface area contributed by atoms with Crippen LogP contribution in [0.1, 0.15) is 25.0 Å². The van der Waals surface area contributed by atoms with Crippen molar-refractivity contribution in [2.24, 2.45) is 0 Å². The Balaban J connectivity index is 1.90. The molecular weight excluding hydrogens is 264 g/mol. The number of rotatable bonds is 2. The predicted octanol–water partition coefficient (Wildman–Crippen LogP) is -0.294. The molecule has 3 amide bonds. The summed E-state index contributed by atoms with van der Waals surface area (Å²) in [6, 6.07) is 0.818. The van der Waals surface area contributed by atoms with E-state index in [1.807, 2.05) is 0 Å². The summed E-state index contributed by atoms with van der Waals surface area (Å²) in [7, 11) is 0. The van der Waals surface area contributed by atoms with Crippen LogP contribution in [0.3, 0.4) is 0 Å².